The third-order valence-corrected chi connectivity index (χ3v) is 4.57. The van der Waals surface area contributed by atoms with E-state index in [4.69, 9.17) is 15.2 Å². The van der Waals surface area contributed by atoms with E-state index in [-0.39, 0.29) is 22.7 Å². The maximum atomic E-state index is 12.2. The van der Waals surface area contributed by atoms with Crippen molar-refractivity contribution in [1.82, 2.24) is 9.97 Å². The molecular weight excluding hydrogens is 344 g/mol. The maximum Gasteiger partial charge on any atom is 0.322 e. The monoisotopic (exact) mass is 370 g/mol. The second-order valence-corrected chi connectivity index (χ2v) is 8.49. The Hall–Kier alpha value is -2.67. The van der Waals surface area contributed by atoms with E-state index in [0.29, 0.717) is 18.0 Å². The van der Waals surface area contributed by atoms with Crippen molar-refractivity contribution in [2.45, 2.75) is 46.1 Å². The molecule has 0 aliphatic carbocycles. The number of carbonyl (C=O) groups excluding carboxylic acids is 1. The number of nitrogens with one attached hydrogen (secondary N) is 1. The fourth-order valence-corrected chi connectivity index (χ4v) is 2.86. The first-order valence-corrected chi connectivity index (χ1v) is 8.90. The summed E-state index contributed by atoms with van der Waals surface area (Å²) in [5, 5.41) is 2.73. The number of anilines is 1. The lowest BCUT2D eigenvalue weighted by Gasteiger charge is -2.25. The Labute approximate surface area is 159 Å². The predicted molar refractivity (Wildman–Crippen MR) is 103 cm³/mol. The lowest BCUT2D eigenvalue weighted by atomic mass is 9.86. The average Bonchev–Trinajstić information content (AvgIpc) is 2.91. The van der Waals surface area contributed by atoms with Crippen LogP contribution in [0.25, 0.3) is 0 Å². The van der Waals surface area contributed by atoms with Crippen LogP contribution in [0.1, 0.15) is 40.2 Å². The Kier molecular flexibility index (Phi) is 4.82. The first-order chi connectivity index (χ1) is 12.6. The molecule has 0 bridgehead atoms. The number of hydrogen-bond donors (Lipinski definition) is 2. The van der Waals surface area contributed by atoms with Crippen LogP contribution in [0.4, 0.5) is 5.69 Å². The molecule has 3 rings (SSSR count). The van der Waals surface area contributed by atoms with Crippen LogP contribution in [0, 0.1) is 5.41 Å². The van der Waals surface area contributed by atoms with Gasteiger partial charge in [-0.2, -0.15) is 0 Å². The highest BCUT2D eigenvalue weighted by molar-refractivity contribution is 5.94. The van der Waals surface area contributed by atoms with Crippen molar-refractivity contribution in [2.75, 3.05) is 11.9 Å². The third-order valence-electron chi connectivity index (χ3n) is 4.57. The first kappa shape index (κ1) is 19.1. The van der Waals surface area contributed by atoms with Gasteiger partial charge in [0.1, 0.15) is 11.5 Å². The number of fused-ring (bicyclic) bond motifs is 1. The summed E-state index contributed by atoms with van der Waals surface area (Å²) >= 11 is 0. The quantitative estimate of drug-likeness (QED) is 0.857. The summed E-state index contributed by atoms with van der Waals surface area (Å²) < 4.78 is 11.6. The number of nitrogens with two attached hydrogens (primary N) is 1. The molecule has 3 N–H and O–H groups in total. The third kappa shape index (κ3) is 4.03. The molecule has 0 radical (unpaired) electrons. The lowest BCUT2D eigenvalue weighted by Crippen LogP contribution is -2.45. The van der Waals surface area contributed by atoms with Crippen molar-refractivity contribution < 1.29 is 14.3 Å². The minimum absolute atomic E-state index is 0.150. The predicted octanol–water partition coefficient (Wildman–Crippen LogP) is 3.25. The van der Waals surface area contributed by atoms with Gasteiger partial charge in [0.25, 0.3) is 0 Å². The van der Waals surface area contributed by atoms with E-state index < -0.39 is 6.04 Å². The fraction of sp³-hybridized carbons (Fsp3) is 0.450. The van der Waals surface area contributed by atoms with E-state index in [1.54, 1.807) is 0 Å². The average molecular weight is 370 g/mol. The highest BCUT2D eigenvalue weighted by Gasteiger charge is 2.35. The van der Waals surface area contributed by atoms with Crippen LogP contribution in [0.3, 0.4) is 0 Å². The van der Waals surface area contributed by atoms with Crippen molar-refractivity contribution >= 4 is 11.6 Å². The molecule has 2 aromatic rings. The molecule has 1 aromatic carbocycles. The smallest absolute Gasteiger partial charge is 0.322 e. The van der Waals surface area contributed by atoms with E-state index >= 15 is 0 Å². The van der Waals surface area contributed by atoms with E-state index in [1.165, 1.54) is 12.4 Å². The van der Waals surface area contributed by atoms with Crippen molar-refractivity contribution in [1.29, 1.82) is 0 Å². The van der Waals surface area contributed by atoms with Gasteiger partial charge in [-0.1, -0.05) is 40.7 Å². The largest absolute Gasteiger partial charge is 0.492 e. The van der Waals surface area contributed by atoms with Gasteiger partial charge in [-0.05, 0) is 17.5 Å². The summed E-state index contributed by atoms with van der Waals surface area (Å²) in [6, 6.07) is 5.23. The van der Waals surface area contributed by atoms with Gasteiger partial charge < -0.3 is 20.5 Å². The van der Waals surface area contributed by atoms with Crippen molar-refractivity contribution in [3.63, 3.8) is 0 Å². The van der Waals surface area contributed by atoms with Crippen LogP contribution in [0.15, 0.2) is 30.6 Å². The van der Waals surface area contributed by atoms with Gasteiger partial charge in [0, 0.05) is 11.0 Å². The van der Waals surface area contributed by atoms with Gasteiger partial charge in [-0.15, -0.1) is 0 Å². The molecule has 0 saturated carbocycles. The number of ether oxygens (including phenoxy) is 2. The zero-order valence-electron chi connectivity index (χ0n) is 16.4. The number of hydrogen-bond acceptors (Lipinski definition) is 6. The Bertz CT molecular complexity index is 841. The molecular formula is C20H26N4O3. The number of benzene rings is 1. The number of aromatic nitrogens is 2. The molecule has 1 atom stereocenters. The standard InChI is InChI=1S/C20H26N4O3/c1-19(2,3)16(21)17(25)24-12-9-22-18(23-10-12)27-14-8-6-7-13-15(14)20(4,5)11-26-13/h6-10,16H,11,21H2,1-5H3,(H,24,25)/t16-/m0/s1. The van der Waals surface area contributed by atoms with Gasteiger partial charge in [0.2, 0.25) is 5.91 Å². The topological polar surface area (TPSA) is 99.4 Å². The van der Waals surface area contributed by atoms with E-state index in [0.717, 1.165) is 11.3 Å². The van der Waals surface area contributed by atoms with Crippen LogP contribution in [-0.4, -0.2) is 28.5 Å². The second-order valence-electron chi connectivity index (χ2n) is 8.49. The molecule has 0 unspecified atom stereocenters. The fourth-order valence-electron chi connectivity index (χ4n) is 2.86. The molecule has 7 heteroatoms. The van der Waals surface area contributed by atoms with Crippen LogP contribution in [-0.2, 0) is 10.2 Å². The highest BCUT2D eigenvalue weighted by Crippen LogP contribution is 2.44. The number of amides is 1. The molecule has 2 heterocycles. The van der Waals surface area contributed by atoms with Gasteiger partial charge in [0.15, 0.2) is 0 Å². The summed E-state index contributed by atoms with van der Waals surface area (Å²) in [4.78, 5) is 20.6. The molecule has 7 nitrogen and oxygen atoms in total. The molecule has 0 spiro atoms. The van der Waals surface area contributed by atoms with Gasteiger partial charge in [-0.25, -0.2) is 9.97 Å². The Balaban J connectivity index is 1.73. The Morgan fingerprint density at radius 1 is 1.30 bits per heavy atom. The zero-order valence-corrected chi connectivity index (χ0v) is 16.4. The van der Waals surface area contributed by atoms with E-state index in [9.17, 15) is 4.79 Å². The Morgan fingerprint density at radius 2 is 1.96 bits per heavy atom. The van der Waals surface area contributed by atoms with Crippen LogP contribution >= 0.6 is 0 Å². The highest BCUT2D eigenvalue weighted by atomic mass is 16.5. The SMILES string of the molecule is CC1(C)COc2cccc(Oc3ncc(NC(=O)[C@H](N)C(C)(C)C)cn3)c21. The van der Waals surface area contributed by atoms with Gasteiger partial charge in [0.05, 0.1) is 30.7 Å². The van der Waals surface area contributed by atoms with Crippen LogP contribution in [0.5, 0.6) is 17.5 Å². The van der Waals surface area contributed by atoms with Crippen molar-refractivity contribution in [2.24, 2.45) is 11.1 Å². The van der Waals surface area contributed by atoms with Crippen LogP contribution < -0.4 is 20.5 Å². The second kappa shape index (κ2) is 6.81. The van der Waals surface area contributed by atoms with E-state index in [1.807, 2.05) is 39.0 Å². The normalized spacial score (nSPS) is 16.2. The van der Waals surface area contributed by atoms with Crippen LogP contribution in [0.2, 0.25) is 0 Å². The summed E-state index contributed by atoms with van der Waals surface area (Å²) in [5.41, 5.74) is 6.94. The Morgan fingerprint density at radius 3 is 2.59 bits per heavy atom. The number of carbonyl (C=O) groups is 1. The molecule has 1 aromatic heterocycles. The van der Waals surface area contributed by atoms with Gasteiger partial charge in [-0.3, -0.25) is 4.79 Å². The number of nitrogens with zero attached hydrogens (tertiary/aromatic N) is 2. The first-order valence-electron chi connectivity index (χ1n) is 8.90. The molecule has 1 aliphatic heterocycles. The molecule has 0 fully saturated rings. The molecule has 27 heavy (non-hydrogen) atoms. The van der Waals surface area contributed by atoms with E-state index in [2.05, 4.69) is 29.1 Å². The summed E-state index contributed by atoms with van der Waals surface area (Å²) in [7, 11) is 0. The minimum atomic E-state index is -0.637. The van der Waals surface area contributed by atoms with Crippen molar-refractivity contribution in [3.8, 4) is 17.5 Å². The molecule has 144 valence electrons. The number of rotatable bonds is 4. The summed E-state index contributed by atoms with van der Waals surface area (Å²) in [5.74, 6) is 1.21. The summed E-state index contributed by atoms with van der Waals surface area (Å²) in [6.45, 7) is 10.5. The molecule has 1 amide bonds. The minimum Gasteiger partial charge on any atom is -0.492 e. The lowest BCUT2D eigenvalue weighted by molar-refractivity contribution is -0.119. The van der Waals surface area contributed by atoms with Gasteiger partial charge >= 0.3 is 6.01 Å². The molecule has 1 aliphatic rings. The maximum absolute atomic E-state index is 12.2. The summed E-state index contributed by atoms with van der Waals surface area (Å²) in [6.07, 6.45) is 3.00. The van der Waals surface area contributed by atoms with Crippen molar-refractivity contribution in [3.05, 3.63) is 36.2 Å². The zero-order chi connectivity index (χ0) is 19.8. The molecule has 0 saturated heterocycles.